The van der Waals surface area contributed by atoms with Gasteiger partial charge in [-0.1, -0.05) is 52.7 Å². The molecule has 0 unspecified atom stereocenters. The molecule has 1 aromatic heterocycles. The Bertz CT molecular complexity index is 862. The average molecular weight is 571 g/mol. The highest BCUT2D eigenvalue weighted by Gasteiger charge is 2.39. The maximum atomic E-state index is 11.7. The number of aliphatic hydroxyl groups excluding tert-OH is 1. The van der Waals surface area contributed by atoms with Crippen molar-refractivity contribution in [3.8, 4) is 0 Å². The lowest BCUT2D eigenvalue weighted by molar-refractivity contribution is 0.0606. The van der Waals surface area contributed by atoms with Gasteiger partial charge >= 0.3 is 5.97 Å². The van der Waals surface area contributed by atoms with Crippen molar-refractivity contribution in [3.63, 3.8) is 0 Å². The number of hydrogen-bond donors (Lipinski definition) is 1. The van der Waals surface area contributed by atoms with E-state index in [4.69, 9.17) is 20.8 Å². The second kappa shape index (κ2) is 14.6. The standard InChI is InChI=1S/C30H51ClO4SSi/c1-21-20-27(31)26(15-11-14-24-17-19-28(36-24)29(33)34-6)25(21)18-16-23(32)13-10-9-12-22(2)35-37(7,8)30(3,4)5/h16-19,21-23,25-27,32H,9-15,20H2,1-8H3/b18-16+/t21-,22-,23+,25+,26-,27-/m1/s1. The van der Waals surface area contributed by atoms with Crippen molar-refractivity contribution in [1.29, 1.82) is 0 Å². The van der Waals surface area contributed by atoms with Gasteiger partial charge in [0.1, 0.15) is 4.88 Å². The molecular formula is C30H51ClO4SSi. The highest BCUT2D eigenvalue weighted by molar-refractivity contribution is 7.13. The van der Waals surface area contributed by atoms with Crippen LogP contribution in [0.15, 0.2) is 24.3 Å². The average Bonchev–Trinajstić information content (AvgIpc) is 3.38. The fourth-order valence-corrected chi connectivity index (χ4v) is 8.19. The van der Waals surface area contributed by atoms with Gasteiger partial charge in [0.15, 0.2) is 8.32 Å². The Kier molecular flexibility index (Phi) is 12.9. The third kappa shape index (κ3) is 10.1. The maximum absolute atomic E-state index is 11.7. The highest BCUT2D eigenvalue weighted by Crippen LogP contribution is 2.44. The number of hydrogen-bond acceptors (Lipinski definition) is 5. The van der Waals surface area contributed by atoms with Gasteiger partial charge in [-0.05, 0) is 93.5 Å². The van der Waals surface area contributed by atoms with E-state index in [1.807, 2.05) is 18.2 Å². The minimum atomic E-state index is -1.72. The molecule has 4 nitrogen and oxygen atoms in total. The van der Waals surface area contributed by atoms with E-state index in [-0.39, 0.29) is 22.5 Å². The molecule has 0 amide bonds. The summed E-state index contributed by atoms with van der Waals surface area (Å²) in [4.78, 5) is 13.6. The number of halogens is 1. The minimum Gasteiger partial charge on any atom is -0.465 e. The Hall–Kier alpha value is -0.663. The molecule has 0 radical (unpaired) electrons. The van der Waals surface area contributed by atoms with Crippen LogP contribution in [0.1, 0.15) is 94.1 Å². The van der Waals surface area contributed by atoms with E-state index in [2.05, 4.69) is 53.8 Å². The van der Waals surface area contributed by atoms with E-state index in [1.54, 1.807) is 0 Å². The summed E-state index contributed by atoms with van der Waals surface area (Å²) in [5, 5.41) is 11.0. The predicted octanol–water partition coefficient (Wildman–Crippen LogP) is 8.62. The summed E-state index contributed by atoms with van der Waals surface area (Å²) in [7, 11) is -0.303. The Balaban J connectivity index is 1.76. The van der Waals surface area contributed by atoms with Crippen molar-refractivity contribution in [1.82, 2.24) is 0 Å². The minimum absolute atomic E-state index is 0.179. The summed E-state index contributed by atoms with van der Waals surface area (Å²) in [5.41, 5.74) is 0. The highest BCUT2D eigenvalue weighted by atomic mass is 35.5. The number of carbonyl (C=O) groups excluding carboxylic acids is 1. The lowest BCUT2D eigenvalue weighted by Crippen LogP contribution is -2.43. The maximum Gasteiger partial charge on any atom is 0.348 e. The number of aryl methyl sites for hydroxylation is 1. The number of thiophene rings is 1. The molecule has 1 aliphatic carbocycles. The van der Waals surface area contributed by atoms with E-state index in [1.165, 1.54) is 23.3 Å². The molecular weight excluding hydrogens is 520 g/mol. The molecule has 0 bridgehead atoms. The monoisotopic (exact) mass is 570 g/mol. The van der Waals surface area contributed by atoms with Gasteiger partial charge in [-0.25, -0.2) is 4.79 Å². The van der Waals surface area contributed by atoms with Crippen LogP contribution in [0.5, 0.6) is 0 Å². The second-order valence-corrected chi connectivity index (χ2v) is 19.0. The van der Waals surface area contributed by atoms with Gasteiger partial charge in [0.05, 0.1) is 13.2 Å². The molecule has 0 saturated heterocycles. The van der Waals surface area contributed by atoms with Crippen LogP contribution in [0, 0.1) is 17.8 Å². The molecule has 212 valence electrons. The molecule has 2 rings (SSSR count). The first-order chi connectivity index (χ1) is 17.2. The Morgan fingerprint density at radius 1 is 1.24 bits per heavy atom. The molecule has 1 saturated carbocycles. The topological polar surface area (TPSA) is 55.8 Å². The lowest BCUT2D eigenvalue weighted by Gasteiger charge is -2.38. The molecule has 0 aliphatic heterocycles. The Labute approximate surface area is 236 Å². The normalized spacial score (nSPS) is 24.5. The summed E-state index contributed by atoms with van der Waals surface area (Å²) in [6.07, 6.45) is 12.1. The summed E-state index contributed by atoms with van der Waals surface area (Å²) in [6, 6.07) is 3.88. The van der Waals surface area contributed by atoms with Gasteiger partial charge in [-0.2, -0.15) is 0 Å². The Morgan fingerprint density at radius 3 is 2.57 bits per heavy atom. The van der Waals surface area contributed by atoms with Gasteiger partial charge in [-0.15, -0.1) is 22.9 Å². The zero-order valence-corrected chi connectivity index (χ0v) is 27.0. The summed E-state index contributed by atoms with van der Waals surface area (Å²) < 4.78 is 11.3. The Morgan fingerprint density at radius 2 is 1.92 bits per heavy atom. The largest absolute Gasteiger partial charge is 0.465 e. The molecule has 1 N–H and O–H groups in total. The lowest BCUT2D eigenvalue weighted by atomic mass is 9.86. The van der Waals surface area contributed by atoms with Gasteiger partial charge in [0.25, 0.3) is 0 Å². The number of carbonyl (C=O) groups is 1. The van der Waals surface area contributed by atoms with E-state index in [9.17, 15) is 9.90 Å². The third-order valence-electron chi connectivity index (χ3n) is 8.44. The van der Waals surface area contributed by atoms with Gasteiger partial charge < -0.3 is 14.3 Å². The fraction of sp³-hybridized carbons (Fsp3) is 0.767. The molecule has 0 spiro atoms. The molecule has 37 heavy (non-hydrogen) atoms. The number of rotatable bonds is 14. The van der Waals surface area contributed by atoms with Crippen LogP contribution in [0.4, 0.5) is 0 Å². The van der Waals surface area contributed by atoms with Crippen molar-refractivity contribution in [2.45, 2.75) is 122 Å². The summed E-state index contributed by atoms with van der Waals surface area (Å²) >= 11 is 8.29. The van der Waals surface area contributed by atoms with E-state index in [0.717, 1.165) is 51.4 Å². The number of methoxy groups -OCH3 is 1. The quantitative estimate of drug-likeness (QED) is 0.0799. The molecule has 7 heteroatoms. The van der Waals surface area contributed by atoms with Crippen molar-refractivity contribution in [2.75, 3.05) is 7.11 Å². The first-order valence-electron chi connectivity index (χ1n) is 14.1. The summed E-state index contributed by atoms with van der Waals surface area (Å²) in [5.74, 6) is 1.09. The molecule has 6 atom stereocenters. The van der Waals surface area contributed by atoms with Crippen LogP contribution < -0.4 is 0 Å². The van der Waals surface area contributed by atoms with E-state index >= 15 is 0 Å². The van der Waals surface area contributed by atoms with Gasteiger partial charge in [0.2, 0.25) is 0 Å². The first kappa shape index (κ1) is 32.5. The number of allylic oxidation sites excluding steroid dienone is 1. The van der Waals surface area contributed by atoms with Crippen LogP contribution in [-0.4, -0.2) is 44.1 Å². The van der Waals surface area contributed by atoms with Crippen LogP contribution >= 0.6 is 22.9 Å². The molecule has 0 aromatic carbocycles. The number of unbranched alkanes of at least 4 members (excludes halogenated alkanes) is 1. The molecule has 1 heterocycles. The smallest absolute Gasteiger partial charge is 0.348 e. The number of alkyl halides is 1. The second-order valence-electron chi connectivity index (χ2n) is 12.5. The van der Waals surface area contributed by atoms with Crippen LogP contribution in [0.25, 0.3) is 0 Å². The number of aliphatic hydroxyl groups is 1. The number of esters is 1. The molecule has 1 aliphatic rings. The SMILES string of the molecule is COC(=O)c1ccc(CCC[C@@H]2[C@@H](/C=C/[C@@H](O)CCCC[C@@H](C)O[Si](C)(C)C(C)(C)C)[C@H](C)C[C@H]2Cl)s1. The van der Waals surface area contributed by atoms with Gasteiger partial charge in [0, 0.05) is 16.4 Å². The first-order valence-corrected chi connectivity index (χ1v) is 18.3. The van der Waals surface area contributed by atoms with Gasteiger partial charge in [-0.3, -0.25) is 0 Å². The van der Waals surface area contributed by atoms with Crippen LogP contribution in [-0.2, 0) is 15.6 Å². The third-order valence-corrected chi connectivity index (χ3v) is 14.7. The van der Waals surface area contributed by atoms with Crippen molar-refractivity contribution in [2.24, 2.45) is 17.8 Å². The summed E-state index contributed by atoms with van der Waals surface area (Å²) in [6.45, 7) is 15.9. The predicted molar refractivity (Wildman–Crippen MR) is 160 cm³/mol. The zero-order chi connectivity index (χ0) is 27.8. The van der Waals surface area contributed by atoms with Crippen molar-refractivity contribution < 1.29 is 19.1 Å². The van der Waals surface area contributed by atoms with E-state index < -0.39 is 14.4 Å². The zero-order valence-electron chi connectivity index (χ0n) is 24.4. The number of ether oxygens (including phenoxy) is 1. The fourth-order valence-electron chi connectivity index (χ4n) is 5.17. The van der Waals surface area contributed by atoms with Crippen molar-refractivity contribution >= 4 is 37.2 Å². The van der Waals surface area contributed by atoms with Crippen molar-refractivity contribution in [3.05, 3.63) is 34.0 Å². The van der Waals surface area contributed by atoms with Crippen LogP contribution in [0.3, 0.4) is 0 Å². The van der Waals surface area contributed by atoms with Crippen LogP contribution in [0.2, 0.25) is 18.1 Å². The van der Waals surface area contributed by atoms with E-state index in [0.29, 0.717) is 22.6 Å². The molecule has 1 aromatic rings. The molecule has 1 fully saturated rings.